The minimum atomic E-state index is -0.110. The zero-order valence-corrected chi connectivity index (χ0v) is 26.4. The standard InChI is InChI=1S/C43H29NOS/c1-43(2)33-18-7-5-15-32(33)39-34(43)19-11-20-35(39)44(37-22-10-17-31-28-14-6-8-23-38(28)46-42(31)37)36-21-9-16-29-30-25-24-26-12-3-4-13-27(26)40(30)45-41(29)36/h3-25H,1-2H3. The number of fused-ring (bicyclic) bond motifs is 11. The SMILES string of the molecule is CC1(C)c2ccccc2-c2c(N(c3cccc4c3oc3c5ccccc5ccc43)c3cccc4c3sc3ccccc34)cccc21. The maximum atomic E-state index is 6.98. The van der Waals surface area contributed by atoms with Crippen molar-refractivity contribution >= 4 is 81.3 Å². The number of hydrogen-bond acceptors (Lipinski definition) is 3. The van der Waals surface area contributed by atoms with E-state index in [0.717, 1.165) is 38.7 Å². The first-order chi connectivity index (χ1) is 22.6. The minimum absolute atomic E-state index is 0.110. The summed E-state index contributed by atoms with van der Waals surface area (Å²) in [6.45, 7) is 4.70. The summed E-state index contributed by atoms with van der Waals surface area (Å²) in [4.78, 5) is 2.47. The zero-order valence-electron chi connectivity index (χ0n) is 25.5. The van der Waals surface area contributed by atoms with Gasteiger partial charge in [-0.25, -0.2) is 0 Å². The molecular formula is C43H29NOS. The molecule has 0 fully saturated rings. The van der Waals surface area contributed by atoms with Gasteiger partial charge in [-0.05, 0) is 52.4 Å². The number of thiophene rings is 1. The number of para-hydroxylation sites is 1. The highest BCUT2D eigenvalue weighted by atomic mass is 32.1. The van der Waals surface area contributed by atoms with Crippen molar-refractivity contribution in [1.82, 2.24) is 0 Å². The molecule has 9 aromatic rings. The molecule has 218 valence electrons. The van der Waals surface area contributed by atoms with Crippen LogP contribution >= 0.6 is 11.3 Å². The van der Waals surface area contributed by atoms with Gasteiger partial charge in [0.2, 0.25) is 0 Å². The fraction of sp³-hybridized carbons (Fsp3) is 0.0698. The summed E-state index contributed by atoms with van der Waals surface area (Å²) in [7, 11) is 0. The smallest absolute Gasteiger partial charge is 0.159 e. The molecule has 0 bridgehead atoms. The Morgan fingerprint density at radius 1 is 0.500 bits per heavy atom. The van der Waals surface area contributed by atoms with E-state index in [1.807, 2.05) is 11.3 Å². The van der Waals surface area contributed by atoms with Crippen LogP contribution in [0.5, 0.6) is 0 Å². The molecular weight excluding hydrogens is 579 g/mol. The number of hydrogen-bond donors (Lipinski definition) is 0. The molecule has 1 aliphatic rings. The summed E-state index contributed by atoms with van der Waals surface area (Å²) < 4.78 is 9.55. The maximum Gasteiger partial charge on any atom is 0.159 e. The van der Waals surface area contributed by atoms with Gasteiger partial charge in [0.25, 0.3) is 0 Å². The molecule has 2 heterocycles. The topological polar surface area (TPSA) is 16.4 Å². The molecule has 0 spiro atoms. The van der Waals surface area contributed by atoms with Crippen molar-refractivity contribution < 1.29 is 4.42 Å². The highest BCUT2D eigenvalue weighted by Crippen LogP contribution is 2.56. The number of anilines is 3. The van der Waals surface area contributed by atoms with E-state index >= 15 is 0 Å². The number of rotatable bonds is 3. The molecule has 0 N–H and O–H groups in total. The van der Waals surface area contributed by atoms with E-state index in [9.17, 15) is 0 Å². The first-order valence-corrected chi connectivity index (χ1v) is 16.7. The van der Waals surface area contributed by atoms with Crippen LogP contribution in [0, 0.1) is 0 Å². The Labute approximate surface area is 270 Å². The van der Waals surface area contributed by atoms with Gasteiger partial charge in [-0.3, -0.25) is 0 Å². The van der Waals surface area contributed by atoms with Crippen molar-refractivity contribution in [2.24, 2.45) is 0 Å². The van der Waals surface area contributed by atoms with Crippen LogP contribution in [-0.4, -0.2) is 0 Å². The predicted molar refractivity (Wildman–Crippen MR) is 196 cm³/mol. The van der Waals surface area contributed by atoms with Gasteiger partial charge in [0.05, 0.1) is 21.8 Å². The Bertz CT molecular complexity index is 2690. The van der Waals surface area contributed by atoms with E-state index in [-0.39, 0.29) is 5.41 Å². The summed E-state index contributed by atoms with van der Waals surface area (Å²) >= 11 is 1.86. The van der Waals surface area contributed by atoms with E-state index in [2.05, 4.69) is 158 Å². The first-order valence-electron chi connectivity index (χ1n) is 15.9. The van der Waals surface area contributed by atoms with Gasteiger partial charge in [0, 0.05) is 42.6 Å². The van der Waals surface area contributed by atoms with Gasteiger partial charge in [0.1, 0.15) is 5.58 Å². The lowest BCUT2D eigenvalue weighted by molar-refractivity contribution is 0.660. The van der Waals surface area contributed by atoms with E-state index in [1.165, 1.54) is 53.5 Å². The third kappa shape index (κ3) is 3.41. The average Bonchev–Trinajstić information content (AvgIpc) is 3.75. The molecule has 0 radical (unpaired) electrons. The van der Waals surface area contributed by atoms with Crippen molar-refractivity contribution in [2.75, 3.05) is 4.90 Å². The van der Waals surface area contributed by atoms with Crippen LogP contribution in [0.2, 0.25) is 0 Å². The fourth-order valence-corrected chi connectivity index (χ4v) is 9.11. The largest absolute Gasteiger partial charge is 0.453 e. The lowest BCUT2D eigenvalue weighted by Gasteiger charge is -2.29. The third-order valence-corrected chi connectivity index (χ3v) is 11.3. The summed E-state index contributed by atoms with van der Waals surface area (Å²) in [6, 6.07) is 50.8. The number of benzene rings is 7. The predicted octanol–water partition coefficient (Wildman–Crippen LogP) is 12.9. The third-order valence-electron chi connectivity index (χ3n) is 10.1. The summed E-state index contributed by atoms with van der Waals surface area (Å²) in [5, 5.41) is 7.15. The highest BCUT2D eigenvalue weighted by Gasteiger charge is 2.38. The second kappa shape index (κ2) is 9.32. The highest BCUT2D eigenvalue weighted by molar-refractivity contribution is 7.26. The van der Waals surface area contributed by atoms with Crippen molar-refractivity contribution in [3.8, 4) is 11.1 Å². The van der Waals surface area contributed by atoms with Crippen molar-refractivity contribution in [2.45, 2.75) is 19.3 Å². The second-order valence-electron chi connectivity index (χ2n) is 12.9. The molecule has 46 heavy (non-hydrogen) atoms. The molecule has 10 rings (SSSR count). The van der Waals surface area contributed by atoms with Crippen LogP contribution in [0.15, 0.2) is 144 Å². The van der Waals surface area contributed by atoms with Crippen LogP contribution in [0.3, 0.4) is 0 Å². The van der Waals surface area contributed by atoms with E-state index in [0.29, 0.717) is 0 Å². The molecule has 0 atom stereocenters. The molecule has 0 amide bonds. The van der Waals surface area contributed by atoms with Gasteiger partial charge in [-0.1, -0.05) is 123 Å². The van der Waals surface area contributed by atoms with Gasteiger partial charge in [-0.15, -0.1) is 11.3 Å². The van der Waals surface area contributed by atoms with Crippen LogP contribution in [0.1, 0.15) is 25.0 Å². The van der Waals surface area contributed by atoms with Crippen LogP contribution in [0.4, 0.5) is 17.1 Å². The Balaban J connectivity index is 1.35. The monoisotopic (exact) mass is 607 g/mol. The number of furan rings is 1. The lowest BCUT2D eigenvalue weighted by atomic mass is 9.82. The molecule has 1 aliphatic carbocycles. The summed E-state index contributed by atoms with van der Waals surface area (Å²) in [6.07, 6.45) is 0. The van der Waals surface area contributed by atoms with Crippen molar-refractivity contribution in [1.29, 1.82) is 0 Å². The van der Waals surface area contributed by atoms with Crippen LogP contribution in [-0.2, 0) is 5.41 Å². The molecule has 2 aromatic heterocycles. The molecule has 7 aromatic carbocycles. The maximum absolute atomic E-state index is 6.98. The van der Waals surface area contributed by atoms with Crippen molar-refractivity contribution in [3.63, 3.8) is 0 Å². The van der Waals surface area contributed by atoms with Crippen molar-refractivity contribution in [3.05, 3.63) is 151 Å². The van der Waals surface area contributed by atoms with E-state index in [1.54, 1.807) is 0 Å². The molecule has 3 heteroatoms. The van der Waals surface area contributed by atoms with E-state index < -0.39 is 0 Å². The molecule has 0 aliphatic heterocycles. The minimum Gasteiger partial charge on any atom is -0.453 e. The summed E-state index contributed by atoms with van der Waals surface area (Å²) in [5.74, 6) is 0. The quantitative estimate of drug-likeness (QED) is 0.199. The Hall–Kier alpha value is -5.38. The number of nitrogens with zero attached hydrogens (tertiary/aromatic N) is 1. The molecule has 0 saturated heterocycles. The van der Waals surface area contributed by atoms with E-state index in [4.69, 9.17) is 4.42 Å². The molecule has 0 unspecified atom stereocenters. The van der Waals surface area contributed by atoms with Gasteiger partial charge < -0.3 is 9.32 Å². The molecule has 0 saturated carbocycles. The normalized spacial score (nSPS) is 13.6. The lowest BCUT2D eigenvalue weighted by Crippen LogP contribution is -2.16. The van der Waals surface area contributed by atoms with Gasteiger partial charge in [-0.2, -0.15) is 0 Å². The second-order valence-corrected chi connectivity index (χ2v) is 13.9. The van der Waals surface area contributed by atoms with Gasteiger partial charge >= 0.3 is 0 Å². The first kappa shape index (κ1) is 25.9. The zero-order chi connectivity index (χ0) is 30.6. The van der Waals surface area contributed by atoms with Gasteiger partial charge in [0.15, 0.2) is 5.58 Å². The van der Waals surface area contributed by atoms with Crippen LogP contribution in [0.25, 0.3) is 64.0 Å². The molecule has 2 nitrogen and oxygen atoms in total. The Kier molecular flexibility index (Phi) is 5.25. The Morgan fingerprint density at radius 3 is 2.07 bits per heavy atom. The summed E-state index contributed by atoms with van der Waals surface area (Å²) in [5.41, 5.74) is 10.4. The average molecular weight is 608 g/mol. The fourth-order valence-electron chi connectivity index (χ4n) is 7.91. The van der Waals surface area contributed by atoms with Crippen LogP contribution < -0.4 is 4.90 Å². The Morgan fingerprint density at radius 2 is 1.15 bits per heavy atom.